The standard InChI is InChI=1S/C12H17N5O/c1-9-6-10(17-11(16-9)14-8-15-17)13-7-12(18)4-2-3-5-12/h6,8,13,18H,2-5,7H2,1H3. The zero-order valence-corrected chi connectivity index (χ0v) is 10.4. The minimum atomic E-state index is -0.579. The Kier molecular flexibility index (Phi) is 2.66. The molecule has 96 valence electrons. The first-order valence-corrected chi connectivity index (χ1v) is 6.30. The third-order valence-corrected chi connectivity index (χ3v) is 3.51. The van der Waals surface area contributed by atoms with Crippen molar-refractivity contribution in [2.45, 2.75) is 38.2 Å². The van der Waals surface area contributed by atoms with Gasteiger partial charge in [0, 0.05) is 18.3 Å². The van der Waals surface area contributed by atoms with Crippen molar-refractivity contribution in [3.8, 4) is 0 Å². The first-order valence-electron chi connectivity index (χ1n) is 6.30. The van der Waals surface area contributed by atoms with Crippen LogP contribution in [0, 0.1) is 6.92 Å². The molecule has 2 aromatic heterocycles. The number of nitrogens with one attached hydrogen (secondary N) is 1. The number of hydrogen-bond acceptors (Lipinski definition) is 5. The summed E-state index contributed by atoms with van der Waals surface area (Å²) in [5, 5.41) is 17.7. The van der Waals surface area contributed by atoms with E-state index in [1.54, 1.807) is 4.52 Å². The fourth-order valence-electron chi connectivity index (χ4n) is 2.52. The molecule has 6 heteroatoms. The number of rotatable bonds is 3. The Morgan fingerprint density at radius 3 is 3.00 bits per heavy atom. The number of hydrogen-bond donors (Lipinski definition) is 2. The highest BCUT2D eigenvalue weighted by molar-refractivity contribution is 5.44. The number of aromatic nitrogens is 4. The second-order valence-corrected chi connectivity index (χ2v) is 5.04. The van der Waals surface area contributed by atoms with Gasteiger partial charge in [-0.05, 0) is 19.8 Å². The molecule has 3 rings (SSSR count). The van der Waals surface area contributed by atoms with E-state index in [0.717, 1.165) is 37.2 Å². The van der Waals surface area contributed by atoms with Crippen LogP contribution in [0.2, 0.25) is 0 Å². The highest BCUT2D eigenvalue weighted by Gasteiger charge is 2.30. The van der Waals surface area contributed by atoms with Crippen LogP contribution in [0.25, 0.3) is 5.78 Å². The maximum absolute atomic E-state index is 10.3. The number of anilines is 1. The second kappa shape index (κ2) is 4.20. The van der Waals surface area contributed by atoms with Crippen LogP contribution in [-0.2, 0) is 0 Å². The number of fused-ring (bicyclic) bond motifs is 1. The average Bonchev–Trinajstić information content (AvgIpc) is 2.95. The highest BCUT2D eigenvalue weighted by atomic mass is 16.3. The van der Waals surface area contributed by atoms with Crippen LogP contribution in [0.15, 0.2) is 12.4 Å². The molecule has 18 heavy (non-hydrogen) atoms. The third-order valence-electron chi connectivity index (χ3n) is 3.51. The Hall–Kier alpha value is -1.69. The van der Waals surface area contributed by atoms with Crippen molar-refractivity contribution in [1.82, 2.24) is 19.6 Å². The quantitative estimate of drug-likeness (QED) is 0.851. The Labute approximate surface area is 105 Å². The number of nitrogens with zero attached hydrogens (tertiary/aromatic N) is 4. The third kappa shape index (κ3) is 2.03. The zero-order valence-electron chi connectivity index (χ0n) is 10.4. The van der Waals surface area contributed by atoms with Gasteiger partial charge in [0.25, 0.3) is 5.78 Å². The predicted molar refractivity (Wildman–Crippen MR) is 67.4 cm³/mol. The predicted octanol–water partition coefficient (Wildman–Crippen LogP) is 1.15. The average molecular weight is 247 g/mol. The first kappa shape index (κ1) is 11.4. The largest absolute Gasteiger partial charge is 0.388 e. The van der Waals surface area contributed by atoms with Gasteiger partial charge < -0.3 is 10.4 Å². The van der Waals surface area contributed by atoms with E-state index < -0.39 is 5.60 Å². The monoisotopic (exact) mass is 247 g/mol. The summed E-state index contributed by atoms with van der Waals surface area (Å²) in [5.41, 5.74) is 0.306. The van der Waals surface area contributed by atoms with Crippen LogP contribution in [0.1, 0.15) is 31.4 Å². The van der Waals surface area contributed by atoms with E-state index in [9.17, 15) is 5.11 Å². The van der Waals surface area contributed by atoms with Crippen molar-refractivity contribution in [1.29, 1.82) is 0 Å². The molecule has 0 aromatic carbocycles. The van der Waals surface area contributed by atoms with Crippen LogP contribution in [0.5, 0.6) is 0 Å². The summed E-state index contributed by atoms with van der Waals surface area (Å²) < 4.78 is 1.66. The van der Waals surface area contributed by atoms with Gasteiger partial charge in [-0.2, -0.15) is 14.6 Å². The Bertz CT molecular complexity index is 559. The Balaban J connectivity index is 1.83. The normalized spacial score (nSPS) is 18.3. The summed E-state index contributed by atoms with van der Waals surface area (Å²) in [6.07, 6.45) is 5.42. The number of aliphatic hydroxyl groups is 1. The van der Waals surface area contributed by atoms with Gasteiger partial charge in [0.05, 0.1) is 5.60 Å². The molecule has 0 bridgehead atoms. The van der Waals surface area contributed by atoms with Crippen LogP contribution >= 0.6 is 0 Å². The lowest BCUT2D eigenvalue weighted by Crippen LogP contribution is -2.34. The molecule has 1 aliphatic carbocycles. The minimum Gasteiger partial charge on any atom is -0.388 e. The lowest BCUT2D eigenvalue weighted by molar-refractivity contribution is 0.0613. The van der Waals surface area contributed by atoms with Crippen LogP contribution in [-0.4, -0.2) is 36.8 Å². The molecular weight excluding hydrogens is 230 g/mol. The molecule has 1 aliphatic rings. The van der Waals surface area contributed by atoms with Crippen LogP contribution in [0.3, 0.4) is 0 Å². The van der Waals surface area contributed by atoms with Gasteiger partial charge in [-0.1, -0.05) is 12.8 Å². The second-order valence-electron chi connectivity index (χ2n) is 5.04. The SMILES string of the molecule is Cc1cc(NCC2(O)CCCC2)n2ncnc2n1. The van der Waals surface area contributed by atoms with Crippen molar-refractivity contribution in [2.24, 2.45) is 0 Å². The van der Waals surface area contributed by atoms with Crippen LogP contribution < -0.4 is 5.32 Å². The van der Waals surface area contributed by atoms with Crippen molar-refractivity contribution in [3.63, 3.8) is 0 Å². The fourth-order valence-corrected chi connectivity index (χ4v) is 2.52. The smallest absolute Gasteiger partial charge is 0.254 e. The molecule has 2 N–H and O–H groups in total. The van der Waals surface area contributed by atoms with E-state index in [-0.39, 0.29) is 0 Å². The summed E-state index contributed by atoms with van der Waals surface area (Å²) in [6.45, 7) is 2.47. The van der Waals surface area contributed by atoms with E-state index in [1.165, 1.54) is 6.33 Å². The molecule has 6 nitrogen and oxygen atoms in total. The summed E-state index contributed by atoms with van der Waals surface area (Å²) >= 11 is 0. The lowest BCUT2D eigenvalue weighted by atomic mass is 10.0. The minimum absolute atomic E-state index is 0.547. The lowest BCUT2D eigenvalue weighted by Gasteiger charge is -2.23. The van der Waals surface area contributed by atoms with E-state index in [4.69, 9.17) is 0 Å². The first-order chi connectivity index (χ1) is 8.66. The van der Waals surface area contributed by atoms with Crippen molar-refractivity contribution in [2.75, 3.05) is 11.9 Å². The molecule has 2 heterocycles. The van der Waals surface area contributed by atoms with Crippen molar-refractivity contribution < 1.29 is 5.11 Å². The van der Waals surface area contributed by atoms with Gasteiger partial charge in [0.2, 0.25) is 0 Å². The van der Waals surface area contributed by atoms with Gasteiger partial charge in [-0.15, -0.1) is 0 Å². The molecule has 0 aliphatic heterocycles. The molecule has 1 saturated carbocycles. The Morgan fingerprint density at radius 2 is 2.22 bits per heavy atom. The topological polar surface area (TPSA) is 75.3 Å². The van der Waals surface area contributed by atoms with Gasteiger partial charge >= 0.3 is 0 Å². The highest BCUT2D eigenvalue weighted by Crippen LogP contribution is 2.29. The van der Waals surface area contributed by atoms with Crippen LogP contribution in [0.4, 0.5) is 5.82 Å². The maximum Gasteiger partial charge on any atom is 0.254 e. The molecule has 0 spiro atoms. The molecule has 0 atom stereocenters. The maximum atomic E-state index is 10.3. The van der Waals surface area contributed by atoms with Gasteiger partial charge in [-0.25, -0.2) is 4.98 Å². The molecular formula is C12H17N5O. The van der Waals surface area contributed by atoms with E-state index in [0.29, 0.717) is 12.3 Å². The van der Waals surface area contributed by atoms with E-state index in [2.05, 4.69) is 20.4 Å². The van der Waals surface area contributed by atoms with Gasteiger partial charge in [-0.3, -0.25) is 0 Å². The molecule has 0 unspecified atom stereocenters. The molecule has 2 aromatic rings. The summed E-state index contributed by atoms with van der Waals surface area (Å²) in [5.74, 6) is 1.41. The Morgan fingerprint density at radius 1 is 1.44 bits per heavy atom. The molecule has 1 fully saturated rings. The summed E-state index contributed by atoms with van der Waals surface area (Å²) in [6, 6.07) is 1.92. The van der Waals surface area contributed by atoms with E-state index in [1.807, 2.05) is 13.0 Å². The summed E-state index contributed by atoms with van der Waals surface area (Å²) in [7, 11) is 0. The zero-order chi connectivity index (χ0) is 12.6. The molecule has 0 radical (unpaired) electrons. The fraction of sp³-hybridized carbons (Fsp3) is 0.583. The molecule has 0 amide bonds. The van der Waals surface area contributed by atoms with Crippen molar-refractivity contribution in [3.05, 3.63) is 18.1 Å². The summed E-state index contributed by atoms with van der Waals surface area (Å²) in [4.78, 5) is 8.36. The van der Waals surface area contributed by atoms with Gasteiger partial charge in [0.1, 0.15) is 12.1 Å². The van der Waals surface area contributed by atoms with E-state index >= 15 is 0 Å². The number of aryl methyl sites for hydroxylation is 1. The van der Waals surface area contributed by atoms with Gasteiger partial charge in [0.15, 0.2) is 0 Å². The van der Waals surface area contributed by atoms with Crippen molar-refractivity contribution >= 4 is 11.6 Å². The molecule has 0 saturated heterocycles.